The van der Waals surface area contributed by atoms with Gasteiger partial charge in [0.05, 0.1) is 4.92 Å². The lowest BCUT2D eigenvalue weighted by Crippen LogP contribution is -2.33. The van der Waals surface area contributed by atoms with Crippen LogP contribution in [0.4, 0.5) is 17.3 Å². The molecule has 2 aromatic carbocycles. The first-order valence-electron chi connectivity index (χ1n) is 11.4. The van der Waals surface area contributed by atoms with Crippen molar-refractivity contribution in [1.82, 2.24) is 9.97 Å². The van der Waals surface area contributed by atoms with Crippen LogP contribution in [0.3, 0.4) is 0 Å². The summed E-state index contributed by atoms with van der Waals surface area (Å²) in [6.07, 6.45) is 1.45. The van der Waals surface area contributed by atoms with Gasteiger partial charge in [0.1, 0.15) is 6.33 Å². The first kappa shape index (κ1) is 24.2. The Labute approximate surface area is 196 Å². The van der Waals surface area contributed by atoms with E-state index in [1.54, 1.807) is 0 Å². The summed E-state index contributed by atoms with van der Waals surface area (Å²) in [4.78, 5) is 24.9. The van der Waals surface area contributed by atoms with E-state index in [-0.39, 0.29) is 10.6 Å². The van der Waals surface area contributed by atoms with Crippen molar-refractivity contribution < 1.29 is 4.92 Å². The Hall–Kier alpha value is -3.48. The highest BCUT2D eigenvalue weighted by Crippen LogP contribution is 2.36. The average molecular weight is 448 g/mol. The monoisotopic (exact) mass is 447 g/mol. The molecule has 1 heterocycles. The number of aromatic nitrogens is 2. The number of hydrogen-bond acceptors (Lipinski definition) is 6. The van der Waals surface area contributed by atoms with Crippen molar-refractivity contribution in [1.29, 1.82) is 0 Å². The lowest BCUT2D eigenvalue weighted by atomic mass is 10.1. The minimum Gasteiger partial charge on any atom is -0.350 e. The van der Waals surface area contributed by atoms with E-state index in [1.807, 2.05) is 70.5 Å². The maximum atomic E-state index is 12.4. The van der Waals surface area contributed by atoms with Crippen LogP contribution in [0.2, 0.25) is 0 Å². The van der Waals surface area contributed by atoms with E-state index < -0.39 is 0 Å². The topological polar surface area (TPSA) is 75.4 Å². The molecule has 0 aliphatic heterocycles. The maximum absolute atomic E-state index is 12.4. The van der Waals surface area contributed by atoms with Crippen LogP contribution in [0.15, 0.2) is 67.0 Å². The summed E-state index contributed by atoms with van der Waals surface area (Å²) in [7, 11) is 0. The first-order chi connectivity index (χ1) is 15.8. The molecule has 0 saturated carbocycles. The fourth-order valence-corrected chi connectivity index (χ4v) is 3.93. The molecule has 0 spiro atoms. The molecule has 33 heavy (non-hydrogen) atoms. The number of rotatable bonds is 11. The second-order valence-electron chi connectivity index (χ2n) is 9.15. The second kappa shape index (κ2) is 11.4. The van der Waals surface area contributed by atoms with E-state index in [1.165, 1.54) is 6.33 Å². The second-order valence-corrected chi connectivity index (χ2v) is 9.15. The van der Waals surface area contributed by atoms with Gasteiger partial charge in [-0.1, -0.05) is 88.4 Å². The molecule has 0 radical (unpaired) electrons. The van der Waals surface area contributed by atoms with Crippen molar-refractivity contribution in [2.75, 3.05) is 22.9 Å². The standard InChI is InChI=1S/C26H33N5O2/c1-20(2)15-29(16-21(3)4)25-24(31(32)33)26(28-19-27-25)30(17-22-11-7-5-8-12-22)18-23-13-9-6-10-14-23/h5-14,19-21H,15-18H2,1-4H3. The summed E-state index contributed by atoms with van der Waals surface area (Å²) in [5.41, 5.74) is 2.08. The highest BCUT2D eigenvalue weighted by Gasteiger charge is 2.31. The highest BCUT2D eigenvalue weighted by atomic mass is 16.6. The van der Waals surface area contributed by atoms with E-state index in [9.17, 15) is 10.1 Å². The number of nitrogens with zero attached hydrogens (tertiary/aromatic N) is 5. The van der Waals surface area contributed by atoms with Gasteiger partial charge in [-0.3, -0.25) is 10.1 Å². The van der Waals surface area contributed by atoms with Crippen LogP contribution in [0.25, 0.3) is 0 Å². The average Bonchev–Trinajstić information content (AvgIpc) is 2.78. The summed E-state index contributed by atoms with van der Waals surface area (Å²) >= 11 is 0. The zero-order valence-corrected chi connectivity index (χ0v) is 19.9. The summed E-state index contributed by atoms with van der Waals surface area (Å²) in [6, 6.07) is 19.9. The van der Waals surface area contributed by atoms with Gasteiger partial charge in [-0.25, -0.2) is 9.97 Å². The van der Waals surface area contributed by atoms with Crippen molar-refractivity contribution >= 4 is 17.3 Å². The third-order valence-corrected chi connectivity index (χ3v) is 5.17. The number of benzene rings is 2. The fraction of sp³-hybridized carbons (Fsp3) is 0.385. The molecule has 0 amide bonds. The quantitative estimate of drug-likeness (QED) is 0.277. The van der Waals surface area contributed by atoms with Gasteiger partial charge < -0.3 is 9.80 Å². The summed E-state index contributed by atoms with van der Waals surface area (Å²) in [6.45, 7) is 10.8. The van der Waals surface area contributed by atoms with Crippen LogP contribution in [-0.4, -0.2) is 28.0 Å². The van der Waals surface area contributed by atoms with Crippen molar-refractivity contribution in [3.8, 4) is 0 Å². The van der Waals surface area contributed by atoms with Gasteiger partial charge in [0.25, 0.3) is 0 Å². The zero-order chi connectivity index (χ0) is 23.8. The third-order valence-electron chi connectivity index (χ3n) is 5.17. The molecule has 1 aromatic heterocycles. The Balaban J connectivity index is 2.10. The minimum absolute atomic E-state index is 0.0364. The Morgan fingerprint density at radius 2 is 1.18 bits per heavy atom. The Morgan fingerprint density at radius 1 is 0.758 bits per heavy atom. The van der Waals surface area contributed by atoms with E-state index in [0.29, 0.717) is 49.7 Å². The third kappa shape index (κ3) is 6.75. The van der Waals surface area contributed by atoms with Gasteiger partial charge in [-0.15, -0.1) is 0 Å². The molecule has 3 aromatic rings. The fourth-order valence-electron chi connectivity index (χ4n) is 3.93. The molecule has 0 saturated heterocycles. The van der Waals surface area contributed by atoms with Crippen LogP contribution < -0.4 is 9.80 Å². The number of anilines is 2. The molecule has 7 nitrogen and oxygen atoms in total. The van der Waals surface area contributed by atoms with Crippen molar-refractivity contribution in [2.24, 2.45) is 11.8 Å². The van der Waals surface area contributed by atoms with E-state index in [0.717, 1.165) is 11.1 Å². The van der Waals surface area contributed by atoms with Gasteiger partial charge in [0.2, 0.25) is 11.6 Å². The van der Waals surface area contributed by atoms with Gasteiger partial charge >= 0.3 is 5.69 Å². The molecule has 0 bridgehead atoms. The van der Waals surface area contributed by atoms with E-state index in [2.05, 4.69) is 37.7 Å². The van der Waals surface area contributed by atoms with Crippen molar-refractivity contribution in [3.63, 3.8) is 0 Å². The predicted molar refractivity (Wildman–Crippen MR) is 133 cm³/mol. The number of nitro groups is 1. The van der Waals surface area contributed by atoms with Crippen molar-refractivity contribution in [2.45, 2.75) is 40.8 Å². The SMILES string of the molecule is CC(C)CN(CC(C)C)c1ncnc(N(Cc2ccccc2)Cc2ccccc2)c1[N+](=O)[O-]. The first-order valence-corrected chi connectivity index (χ1v) is 11.4. The number of hydrogen-bond donors (Lipinski definition) is 0. The molecule has 7 heteroatoms. The van der Waals surface area contributed by atoms with Crippen molar-refractivity contribution in [3.05, 3.63) is 88.2 Å². The molecular formula is C26H33N5O2. The van der Waals surface area contributed by atoms with Gasteiger partial charge in [-0.05, 0) is 23.0 Å². The molecule has 174 valence electrons. The Morgan fingerprint density at radius 3 is 1.58 bits per heavy atom. The minimum atomic E-state index is -0.332. The molecule has 0 unspecified atom stereocenters. The lowest BCUT2D eigenvalue weighted by Gasteiger charge is -2.29. The van der Waals surface area contributed by atoms with Crippen LogP contribution in [0.1, 0.15) is 38.8 Å². The van der Waals surface area contributed by atoms with Crippen LogP contribution in [0.5, 0.6) is 0 Å². The van der Waals surface area contributed by atoms with Gasteiger partial charge in [0.15, 0.2) is 0 Å². The molecular weight excluding hydrogens is 414 g/mol. The molecule has 3 rings (SSSR count). The summed E-state index contributed by atoms with van der Waals surface area (Å²) in [5, 5.41) is 12.4. The smallest absolute Gasteiger partial charge is 0.350 e. The highest BCUT2D eigenvalue weighted by molar-refractivity contribution is 5.71. The van der Waals surface area contributed by atoms with Gasteiger partial charge in [0, 0.05) is 26.2 Å². The Kier molecular flexibility index (Phi) is 8.35. The summed E-state index contributed by atoms with van der Waals surface area (Å²) in [5.74, 6) is 1.41. The molecule has 0 aliphatic carbocycles. The van der Waals surface area contributed by atoms with E-state index in [4.69, 9.17) is 0 Å². The normalized spacial score (nSPS) is 11.1. The van der Waals surface area contributed by atoms with E-state index >= 15 is 0 Å². The Bertz CT molecular complexity index is 974. The van der Waals surface area contributed by atoms with Gasteiger partial charge in [-0.2, -0.15) is 0 Å². The molecule has 0 N–H and O–H groups in total. The summed E-state index contributed by atoms with van der Waals surface area (Å²) < 4.78 is 0. The largest absolute Gasteiger partial charge is 0.353 e. The lowest BCUT2D eigenvalue weighted by molar-refractivity contribution is -0.383. The van der Waals surface area contributed by atoms with Crippen LogP contribution >= 0.6 is 0 Å². The predicted octanol–water partition coefficient (Wildman–Crippen LogP) is 5.71. The zero-order valence-electron chi connectivity index (χ0n) is 19.9. The maximum Gasteiger partial charge on any atom is 0.353 e. The van der Waals surface area contributed by atoms with Crippen LogP contribution in [0, 0.1) is 22.0 Å². The molecule has 0 aliphatic rings. The molecule has 0 fully saturated rings. The van der Waals surface area contributed by atoms with Crippen LogP contribution in [-0.2, 0) is 13.1 Å². The molecule has 0 atom stereocenters.